The van der Waals surface area contributed by atoms with Crippen LogP contribution in [0.15, 0.2) is 95.9 Å². The SMILES string of the molecule is Cc1ccc(S(=O)(=O)N(CC(=O)N(Cc2c(Cl)cccc2Cl)[C@@H](Cc2ccccc2)C(=O)NC2CCCCC2)c2cc(C)ccc2C)cc1. The lowest BCUT2D eigenvalue weighted by Crippen LogP contribution is -2.55. The van der Waals surface area contributed by atoms with Gasteiger partial charge in [-0.05, 0) is 80.6 Å². The van der Waals surface area contributed by atoms with Gasteiger partial charge in [0.15, 0.2) is 0 Å². The Bertz CT molecular complexity index is 1860. The molecule has 0 unspecified atom stereocenters. The first-order valence-electron chi connectivity index (χ1n) is 16.7. The average molecular weight is 721 g/mol. The van der Waals surface area contributed by atoms with Crippen LogP contribution in [0.3, 0.4) is 0 Å². The second-order valence-electron chi connectivity index (χ2n) is 12.9. The summed E-state index contributed by atoms with van der Waals surface area (Å²) in [5.74, 6) is -0.862. The summed E-state index contributed by atoms with van der Waals surface area (Å²) in [5, 5.41) is 3.91. The second kappa shape index (κ2) is 16.2. The minimum absolute atomic E-state index is 0.00580. The predicted octanol–water partition coefficient (Wildman–Crippen LogP) is 8.20. The van der Waals surface area contributed by atoms with E-state index in [1.807, 2.05) is 63.2 Å². The molecular formula is C39H43Cl2N3O4S. The summed E-state index contributed by atoms with van der Waals surface area (Å²) < 4.78 is 30.0. The fourth-order valence-electron chi connectivity index (χ4n) is 6.29. The molecule has 0 heterocycles. The van der Waals surface area contributed by atoms with Crippen molar-refractivity contribution in [2.45, 2.75) is 82.8 Å². The lowest BCUT2D eigenvalue weighted by Gasteiger charge is -2.35. The fraction of sp³-hybridized carbons (Fsp3) is 0.333. The number of rotatable bonds is 12. The molecular weight excluding hydrogens is 677 g/mol. The van der Waals surface area contributed by atoms with Gasteiger partial charge in [-0.3, -0.25) is 13.9 Å². The number of hydrogen-bond donors (Lipinski definition) is 1. The average Bonchev–Trinajstić information content (AvgIpc) is 3.08. The molecule has 1 saturated carbocycles. The van der Waals surface area contributed by atoms with Crippen LogP contribution in [0.25, 0.3) is 0 Å². The van der Waals surface area contributed by atoms with Crippen molar-refractivity contribution in [3.8, 4) is 0 Å². The molecule has 258 valence electrons. The number of carbonyl (C=O) groups is 2. The molecule has 4 aromatic rings. The molecule has 10 heteroatoms. The van der Waals surface area contributed by atoms with Gasteiger partial charge in [-0.15, -0.1) is 0 Å². The van der Waals surface area contributed by atoms with Gasteiger partial charge in [0, 0.05) is 34.6 Å². The van der Waals surface area contributed by atoms with E-state index in [-0.39, 0.29) is 29.8 Å². The van der Waals surface area contributed by atoms with Crippen LogP contribution < -0.4 is 9.62 Å². The maximum Gasteiger partial charge on any atom is 0.264 e. The summed E-state index contributed by atoms with van der Waals surface area (Å²) in [6, 6.07) is 25.6. The number of benzene rings is 4. The predicted molar refractivity (Wildman–Crippen MR) is 198 cm³/mol. The van der Waals surface area contributed by atoms with E-state index in [4.69, 9.17) is 23.2 Å². The Morgan fingerprint density at radius 3 is 2.10 bits per heavy atom. The molecule has 0 aromatic heterocycles. The Morgan fingerprint density at radius 2 is 1.45 bits per heavy atom. The van der Waals surface area contributed by atoms with Gasteiger partial charge in [0.05, 0.1) is 10.6 Å². The minimum Gasteiger partial charge on any atom is -0.352 e. The highest BCUT2D eigenvalue weighted by Crippen LogP contribution is 2.31. The Morgan fingerprint density at radius 1 is 0.816 bits per heavy atom. The van der Waals surface area contributed by atoms with Gasteiger partial charge in [-0.2, -0.15) is 0 Å². The van der Waals surface area contributed by atoms with Crippen LogP contribution >= 0.6 is 23.2 Å². The quantitative estimate of drug-likeness (QED) is 0.160. The number of sulfonamides is 1. The van der Waals surface area contributed by atoms with Crippen molar-refractivity contribution in [2.24, 2.45) is 0 Å². The molecule has 4 aromatic carbocycles. The number of halogens is 2. The van der Waals surface area contributed by atoms with Crippen LogP contribution in [0.1, 0.15) is 59.9 Å². The van der Waals surface area contributed by atoms with E-state index in [1.54, 1.807) is 48.5 Å². The van der Waals surface area contributed by atoms with Crippen molar-refractivity contribution in [2.75, 3.05) is 10.8 Å². The highest BCUT2D eigenvalue weighted by atomic mass is 35.5. The fourth-order valence-corrected chi connectivity index (χ4v) is 8.28. The van der Waals surface area contributed by atoms with E-state index in [2.05, 4.69) is 5.32 Å². The van der Waals surface area contributed by atoms with Gasteiger partial charge in [-0.1, -0.05) is 109 Å². The van der Waals surface area contributed by atoms with E-state index in [9.17, 15) is 18.0 Å². The summed E-state index contributed by atoms with van der Waals surface area (Å²) in [7, 11) is -4.22. The summed E-state index contributed by atoms with van der Waals surface area (Å²) in [4.78, 5) is 30.7. The molecule has 0 spiro atoms. The first kappa shape index (κ1) is 36.4. The maximum atomic E-state index is 14.9. The van der Waals surface area contributed by atoms with Crippen LogP contribution in [-0.4, -0.2) is 43.8 Å². The highest BCUT2D eigenvalue weighted by Gasteiger charge is 2.36. The Hall–Kier alpha value is -3.85. The van der Waals surface area contributed by atoms with Gasteiger partial charge in [0.25, 0.3) is 10.0 Å². The van der Waals surface area contributed by atoms with Crippen molar-refractivity contribution in [3.63, 3.8) is 0 Å². The molecule has 49 heavy (non-hydrogen) atoms. The molecule has 1 fully saturated rings. The number of nitrogens with zero attached hydrogens (tertiary/aromatic N) is 2. The van der Waals surface area contributed by atoms with Crippen molar-refractivity contribution in [3.05, 3.63) is 129 Å². The molecule has 0 radical (unpaired) electrons. The molecule has 1 aliphatic carbocycles. The number of carbonyl (C=O) groups excluding carboxylic acids is 2. The number of hydrogen-bond acceptors (Lipinski definition) is 4. The van der Waals surface area contributed by atoms with Crippen LogP contribution in [0.5, 0.6) is 0 Å². The molecule has 7 nitrogen and oxygen atoms in total. The second-order valence-corrected chi connectivity index (χ2v) is 15.6. The lowest BCUT2D eigenvalue weighted by atomic mass is 9.94. The van der Waals surface area contributed by atoms with Gasteiger partial charge >= 0.3 is 0 Å². The molecule has 0 saturated heterocycles. The summed E-state index contributed by atoms with van der Waals surface area (Å²) in [6.07, 6.45) is 5.11. The zero-order chi connectivity index (χ0) is 35.1. The zero-order valence-corrected chi connectivity index (χ0v) is 30.5. The number of amides is 2. The standard InChI is InChI=1S/C39H43Cl2N3O4S/c1-27-18-21-32(22-19-27)49(47,48)44(36-23-28(2)17-20-29(36)3)26-38(45)43(25-33-34(40)15-10-16-35(33)41)37(24-30-11-6-4-7-12-30)39(46)42-31-13-8-5-9-14-31/h4,6-7,10-12,15-23,31,37H,5,8-9,13-14,24-26H2,1-3H3,(H,42,46)/t37-/m0/s1. The Balaban J connectivity index is 1.61. The van der Waals surface area contributed by atoms with Crippen LogP contribution in [0, 0.1) is 20.8 Å². The van der Waals surface area contributed by atoms with Gasteiger partial charge in [0.2, 0.25) is 11.8 Å². The summed E-state index contributed by atoms with van der Waals surface area (Å²) in [5.41, 5.74) is 4.14. The molecule has 5 rings (SSSR count). The Kier molecular flexibility index (Phi) is 12.1. The van der Waals surface area contributed by atoms with E-state index in [0.717, 1.165) is 53.1 Å². The van der Waals surface area contributed by atoms with E-state index in [0.29, 0.717) is 26.9 Å². The molecule has 0 aliphatic heterocycles. The van der Waals surface area contributed by atoms with Crippen molar-refractivity contribution in [1.29, 1.82) is 0 Å². The van der Waals surface area contributed by atoms with E-state index in [1.165, 1.54) is 4.90 Å². The van der Waals surface area contributed by atoms with E-state index >= 15 is 0 Å². The third-order valence-corrected chi connectivity index (χ3v) is 11.6. The zero-order valence-electron chi connectivity index (χ0n) is 28.2. The van der Waals surface area contributed by atoms with Crippen LogP contribution in [0.2, 0.25) is 10.0 Å². The Labute approximate surface area is 300 Å². The largest absolute Gasteiger partial charge is 0.352 e. The molecule has 2 amide bonds. The third kappa shape index (κ3) is 9.04. The molecule has 1 N–H and O–H groups in total. The molecule has 1 atom stereocenters. The van der Waals surface area contributed by atoms with Gasteiger partial charge < -0.3 is 10.2 Å². The smallest absolute Gasteiger partial charge is 0.264 e. The maximum absolute atomic E-state index is 14.9. The third-order valence-electron chi connectivity index (χ3n) is 9.13. The summed E-state index contributed by atoms with van der Waals surface area (Å²) >= 11 is 13.3. The topological polar surface area (TPSA) is 86.8 Å². The van der Waals surface area contributed by atoms with E-state index < -0.39 is 28.5 Å². The van der Waals surface area contributed by atoms with Crippen molar-refractivity contribution >= 4 is 50.7 Å². The number of anilines is 1. The number of aryl methyl sites for hydroxylation is 3. The minimum atomic E-state index is -4.22. The van der Waals surface area contributed by atoms with Crippen molar-refractivity contribution in [1.82, 2.24) is 10.2 Å². The molecule has 0 bridgehead atoms. The normalized spacial score (nSPS) is 14.2. The van der Waals surface area contributed by atoms with Gasteiger partial charge in [-0.25, -0.2) is 8.42 Å². The van der Waals surface area contributed by atoms with Crippen LogP contribution in [0.4, 0.5) is 5.69 Å². The van der Waals surface area contributed by atoms with Crippen molar-refractivity contribution < 1.29 is 18.0 Å². The monoisotopic (exact) mass is 719 g/mol. The number of nitrogens with one attached hydrogen (secondary N) is 1. The highest BCUT2D eigenvalue weighted by molar-refractivity contribution is 7.92. The van der Waals surface area contributed by atoms with Gasteiger partial charge in [0.1, 0.15) is 12.6 Å². The summed E-state index contributed by atoms with van der Waals surface area (Å²) in [6.45, 7) is 4.92. The first-order valence-corrected chi connectivity index (χ1v) is 18.9. The molecule has 1 aliphatic rings. The lowest BCUT2D eigenvalue weighted by molar-refractivity contribution is -0.140. The first-order chi connectivity index (χ1) is 23.4. The van der Waals surface area contributed by atoms with Crippen LogP contribution in [-0.2, 0) is 32.6 Å².